The lowest BCUT2D eigenvalue weighted by atomic mass is 9.94. The van der Waals surface area contributed by atoms with E-state index in [-0.39, 0.29) is 23.8 Å². The van der Waals surface area contributed by atoms with Crippen molar-refractivity contribution < 1.29 is 4.79 Å². The van der Waals surface area contributed by atoms with Crippen LogP contribution in [0.3, 0.4) is 0 Å². The number of carbonyl (C=O) groups excluding carboxylic acids is 1. The van der Waals surface area contributed by atoms with E-state index in [4.69, 9.17) is 18.0 Å². The highest BCUT2D eigenvalue weighted by Crippen LogP contribution is 2.28. The molecule has 1 fully saturated rings. The van der Waals surface area contributed by atoms with Crippen molar-refractivity contribution in [3.63, 3.8) is 0 Å². The van der Waals surface area contributed by atoms with Gasteiger partial charge in [0.05, 0.1) is 10.9 Å². The molecule has 0 aliphatic heterocycles. The summed E-state index contributed by atoms with van der Waals surface area (Å²) in [6.07, 6.45) is 5.55. The van der Waals surface area contributed by atoms with Gasteiger partial charge in [0.25, 0.3) is 0 Å². The number of amides is 1. The SMILES string of the molecule is CSC1CCCC1NC(=O)C(C(N)=S)C(C)C. The molecular weight excluding hydrogens is 252 g/mol. The predicted octanol–water partition coefficient (Wildman–Crippen LogP) is 1.94. The number of hydrogen-bond donors (Lipinski definition) is 2. The normalized spacial score (nSPS) is 25.9. The van der Waals surface area contributed by atoms with Crippen LogP contribution in [0, 0.1) is 11.8 Å². The smallest absolute Gasteiger partial charge is 0.230 e. The van der Waals surface area contributed by atoms with Crippen molar-refractivity contribution in [2.45, 2.75) is 44.4 Å². The predicted molar refractivity (Wildman–Crippen MR) is 78.2 cm³/mol. The number of nitrogens with two attached hydrogens (primary N) is 1. The molecule has 0 aromatic carbocycles. The zero-order chi connectivity index (χ0) is 13.0. The minimum atomic E-state index is -0.340. The summed E-state index contributed by atoms with van der Waals surface area (Å²) in [6, 6.07) is 0.285. The van der Waals surface area contributed by atoms with Gasteiger partial charge >= 0.3 is 0 Å². The number of hydrogen-bond acceptors (Lipinski definition) is 3. The Morgan fingerprint density at radius 1 is 1.47 bits per heavy atom. The molecular formula is C12H22N2OS2. The van der Waals surface area contributed by atoms with Gasteiger partial charge < -0.3 is 11.1 Å². The lowest BCUT2D eigenvalue weighted by molar-refractivity contribution is -0.124. The number of carbonyl (C=O) groups is 1. The Labute approximate surface area is 113 Å². The van der Waals surface area contributed by atoms with E-state index >= 15 is 0 Å². The fourth-order valence-electron chi connectivity index (χ4n) is 2.41. The Morgan fingerprint density at radius 3 is 2.59 bits per heavy atom. The van der Waals surface area contributed by atoms with Crippen molar-refractivity contribution in [3.8, 4) is 0 Å². The number of rotatable bonds is 5. The van der Waals surface area contributed by atoms with Gasteiger partial charge in [0.1, 0.15) is 0 Å². The number of nitrogens with one attached hydrogen (secondary N) is 1. The Kier molecular flexibility index (Phi) is 5.73. The van der Waals surface area contributed by atoms with Crippen molar-refractivity contribution in [3.05, 3.63) is 0 Å². The van der Waals surface area contributed by atoms with Gasteiger partial charge in [-0.25, -0.2) is 0 Å². The van der Waals surface area contributed by atoms with E-state index in [1.165, 1.54) is 12.8 Å². The zero-order valence-corrected chi connectivity index (χ0v) is 12.4. The molecule has 3 atom stereocenters. The summed E-state index contributed by atoms with van der Waals surface area (Å²) in [4.78, 5) is 12.5. The summed E-state index contributed by atoms with van der Waals surface area (Å²) >= 11 is 6.81. The highest BCUT2D eigenvalue weighted by atomic mass is 32.2. The standard InChI is InChI=1S/C12H22N2OS2/c1-7(2)10(11(13)16)12(15)14-8-5-4-6-9(8)17-3/h7-10H,4-6H2,1-3H3,(H2,13,16)(H,14,15). The summed E-state index contributed by atoms with van der Waals surface area (Å²) in [5, 5.41) is 3.66. The van der Waals surface area contributed by atoms with Crippen LogP contribution in [-0.4, -0.2) is 28.4 Å². The van der Waals surface area contributed by atoms with Crippen LogP contribution in [0.5, 0.6) is 0 Å². The van der Waals surface area contributed by atoms with Crippen LogP contribution in [0.1, 0.15) is 33.1 Å². The molecule has 0 heterocycles. The Morgan fingerprint density at radius 2 is 2.12 bits per heavy atom. The summed E-state index contributed by atoms with van der Waals surface area (Å²) in [5.74, 6) is -0.187. The molecule has 0 spiro atoms. The minimum absolute atomic E-state index is 0.00144. The van der Waals surface area contributed by atoms with Crippen LogP contribution in [0.25, 0.3) is 0 Å². The Hall–Kier alpha value is -0.290. The lowest BCUT2D eigenvalue weighted by Gasteiger charge is -2.24. The first-order valence-corrected chi connectivity index (χ1v) is 7.79. The second-order valence-electron chi connectivity index (χ2n) is 4.94. The first-order chi connectivity index (χ1) is 7.97. The number of thiocarbonyl (C=S) groups is 1. The third-order valence-electron chi connectivity index (χ3n) is 3.34. The third kappa shape index (κ3) is 3.85. The van der Waals surface area contributed by atoms with E-state index in [0.717, 1.165) is 6.42 Å². The van der Waals surface area contributed by atoms with Crippen molar-refractivity contribution in [2.75, 3.05) is 6.26 Å². The van der Waals surface area contributed by atoms with E-state index in [9.17, 15) is 4.79 Å². The maximum absolute atomic E-state index is 12.2. The summed E-state index contributed by atoms with van der Waals surface area (Å²) in [5.41, 5.74) is 5.65. The van der Waals surface area contributed by atoms with Gasteiger partial charge in [-0.3, -0.25) is 4.79 Å². The molecule has 0 aromatic rings. The van der Waals surface area contributed by atoms with Crippen molar-refractivity contribution >= 4 is 34.9 Å². The van der Waals surface area contributed by atoms with Crippen molar-refractivity contribution in [2.24, 2.45) is 17.6 Å². The molecule has 0 saturated heterocycles. The average Bonchev–Trinajstić information content (AvgIpc) is 2.63. The van der Waals surface area contributed by atoms with Crippen LogP contribution in [-0.2, 0) is 4.79 Å². The average molecular weight is 274 g/mol. The lowest BCUT2D eigenvalue weighted by Crippen LogP contribution is -2.46. The molecule has 1 rings (SSSR count). The van der Waals surface area contributed by atoms with Gasteiger partial charge in [0.15, 0.2) is 0 Å². The third-order valence-corrected chi connectivity index (χ3v) is 4.76. The molecule has 1 aliphatic rings. The molecule has 98 valence electrons. The molecule has 1 aliphatic carbocycles. The molecule has 17 heavy (non-hydrogen) atoms. The molecule has 0 bridgehead atoms. The molecule has 0 aromatic heterocycles. The fourth-order valence-corrected chi connectivity index (χ4v) is 3.72. The Balaban J connectivity index is 2.61. The fraction of sp³-hybridized carbons (Fsp3) is 0.833. The van der Waals surface area contributed by atoms with E-state index in [0.29, 0.717) is 10.2 Å². The highest BCUT2D eigenvalue weighted by Gasteiger charge is 2.32. The Bertz CT molecular complexity index is 294. The van der Waals surface area contributed by atoms with Gasteiger partial charge in [-0.2, -0.15) is 11.8 Å². The van der Waals surface area contributed by atoms with Gasteiger partial charge in [0.2, 0.25) is 5.91 Å². The topological polar surface area (TPSA) is 55.1 Å². The zero-order valence-electron chi connectivity index (χ0n) is 10.7. The molecule has 1 amide bonds. The van der Waals surface area contributed by atoms with Crippen LogP contribution in [0.2, 0.25) is 0 Å². The maximum Gasteiger partial charge on any atom is 0.230 e. The maximum atomic E-state index is 12.2. The summed E-state index contributed by atoms with van der Waals surface area (Å²) in [6.45, 7) is 3.95. The van der Waals surface area contributed by atoms with Gasteiger partial charge in [-0.1, -0.05) is 32.5 Å². The largest absolute Gasteiger partial charge is 0.393 e. The van der Waals surface area contributed by atoms with Gasteiger partial charge in [-0.15, -0.1) is 0 Å². The molecule has 3 nitrogen and oxygen atoms in total. The van der Waals surface area contributed by atoms with Crippen LogP contribution < -0.4 is 11.1 Å². The second-order valence-corrected chi connectivity index (χ2v) is 6.49. The molecule has 5 heteroatoms. The second kappa shape index (κ2) is 6.59. The van der Waals surface area contributed by atoms with E-state index < -0.39 is 0 Å². The molecule has 3 N–H and O–H groups in total. The molecule has 0 radical (unpaired) electrons. The minimum Gasteiger partial charge on any atom is -0.393 e. The number of thioether (sulfide) groups is 1. The van der Waals surface area contributed by atoms with Crippen molar-refractivity contribution in [1.82, 2.24) is 5.32 Å². The first kappa shape index (κ1) is 14.8. The van der Waals surface area contributed by atoms with Crippen molar-refractivity contribution in [1.29, 1.82) is 0 Å². The highest BCUT2D eigenvalue weighted by molar-refractivity contribution is 7.99. The van der Waals surface area contributed by atoms with Gasteiger partial charge in [0, 0.05) is 11.3 Å². The van der Waals surface area contributed by atoms with E-state index in [1.54, 1.807) is 0 Å². The van der Waals surface area contributed by atoms with Gasteiger partial charge in [-0.05, 0) is 25.0 Å². The summed E-state index contributed by atoms with van der Waals surface area (Å²) < 4.78 is 0. The van der Waals surface area contributed by atoms with Crippen LogP contribution >= 0.6 is 24.0 Å². The van der Waals surface area contributed by atoms with E-state index in [2.05, 4.69) is 11.6 Å². The molecule has 1 saturated carbocycles. The van der Waals surface area contributed by atoms with Crippen LogP contribution in [0.4, 0.5) is 0 Å². The summed E-state index contributed by atoms with van der Waals surface area (Å²) in [7, 11) is 0. The van der Waals surface area contributed by atoms with Crippen LogP contribution in [0.15, 0.2) is 0 Å². The quantitative estimate of drug-likeness (QED) is 0.752. The van der Waals surface area contributed by atoms with E-state index in [1.807, 2.05) is 25.6 Å². The first-order valence-electron chi connectivity index (χ1n) is 6.09. The monoisotopic (exact) mass is 274 g/mol. The molecule has 3 unspecified atom stereocenters.